The standard InChI is InChI=1S/C22H19FN2OS/c1-15-7-6-8-16(2)19(15)24-22(27)20(25-13-4-3-5-14-25)21(26)17-9-11-18(23)12-10-17/h3-14H,1-2H3,(H-,24,26,27). The molecule has 1 heterocycles. The van der Waals surface area contributed by atoms with Gasteiger partial charge in [-0.05, 0) is 48.4 Å². The molecule has 0 saturated heterocycles. The van der Waals surface area contributed by atoms with E-state index in [0.29, 0.717) is 16.2 Å². The molecule has 3 rings (SSSR count). The topological polar surface area (TPSA) is 39.0 Å². The van der Waals surface area contributed by atoms with E-state index in [1.54, 1.807) is 17.0 Å². The molecule has 5 heteroatoms. The predicted octanol–water partition coefficient (Wildman–Crippen LogP) is 3.86. The van der Waals surface area contributed by atoms with E-state index in [9.17, 15) is 9.50 Å². The van der Waals surface area contributed by atoms with E-state index in [1.807, 2.05) is 50.2 Å². The van der Waals surface area contributed by atoms with Crippen LogP contribution in [-0.2, 0) is 0 Å². The van der Waals surface area contributed by atoms with E-state index < -0.39 is 5.82 Å². The van der Waals surface area contributed by atoms with Gasteiger partial charge in [-0.3, -0.25) is 0 Å². The van der Waals surface area contributed by atoms with Gasteiger partial charge in [0.15, 0.2) is 17.4 Å². The zero-order valence-electron chi connectivity index (χ0n) is 15.1. The molecular formula is C22H19FN2OS. The van der Waals surface area contributed by atoms with Gasteiger partial charge in [0.05, 0.1) is 0 Å². The maximum Gasteiger partial charge on any atom is 0.238 e. The predicted molar refractivity (Wildman–Crippen MR) is 108 cm³/mol. The molecule has 0 aliphatic heterocycles. The van der Waals surface area contributed by atoms with Crippen LogP contribution in [0.15, 0.2) is 73.1 Å². The number of nitrogens with zero attached hydrogens (tertiary/aromatic N) is 1. The van der Waals surface area contributed by atoms with Gasteiger partial charge in [-0.25, -0.2) is 4.39 Å². The Kier molecular flexibility index (Phi) is 5.62. The van der Waals surface area contributed by atoms with Gasteiger partial charge < -0.3 is 10.4 Å². The summed E-state index contributed by atoms with van der Waals surface area (Å²) < 4.78 is 14.9. The first-order chi connectivity index (χ1) is 13.0. The van der Waals surface area contributed by atoms with E-state index in [0.717, 1.165) is 16.8 Å². The number of halogens is 1. The maximum atomic E-state index is 13.2. The number of aryl methyl sites for hydroxylation is 2. The van der Waals surface area contributed by atoms with Gasteiger partial charge in [-0.2, -0.15) is 4.57 Å². The summed E-state index contributed by atoms with van der Waals surface area (Å²) in [5.74, 6) is -0.674. The number of benzene rings is 2. The molecule has 0 unspecified atom stereocenters. The second-order valence-electron chi connectivity index (χ2n) is 6.19. The Balaban J connectivity index is 2.09. The molecule has 0 radical (unpaired) electrons. The largest absolute Gasteiger partial charge is 0.867 e. The van der Waals surface area contributed by atoms with Gasteiger partial charge >= 0.3 is 0 Å². The Bertz CT molecular complexity index is 978. The van der Waals surface area contributed by atoms with Crippen LogP contribution < -0.4 is 15.0 Å². The molecule has 0 aliphatic carbocycles. The Morgan fingerprint density at radius 1 is 0.926 bits per heavy atom. The second-order valence-corrected chi connectivity index (χ2v) is 6.60. The molecule has 1 N–H and O–H groups in total. The summed E-state index contributed by atoms with van der Waals surface area (Å²) in [5.41, 5.74) is 3.62. The normalized spacial score (nSPS) is 11.7. The second kappa shape index (κ2) is 8.10. The summed E-state index contributed by atoms with van der Waals surface area (Å²) in [6, 6.07) is 16.9. The lowest BCUT2D eigenvalue weighted by atomic mass is 10.1. The molecule has 0 fully saturated rings. The van der Waals surface area contributed by atoms with Crippen molar-refractivity contribution in [3.05, 3.63) is 95.6 Å². The number of rotatable bonds is 4. The molecule has 3 aromatic rings. The smallest absolute Gasteiger partial charge is 0.238 e. The SMILES string of the molecule is Cc1cccc(C)c1NC(=S)C(=C([O-])c1ccc(F)cc1)[n+]1ccccc1. The molecule has 3 nitrogen and oxygen atoms in total. The summed E-state index contributed by atoms with van der Waals surface area (Å²) in [7, 11) is 0. The van der Waals surface area contributed by atoms with E-state index in [-0.39, 0.29) is 5.76 Å². The third-order valence-corrected chi connectivity index (χ3v) is 4.53. The number of hydrogen-bond donors (Lipinski definition) is 1. The third-order valence-electron chi connectivity index (χ3n) is 4.23. The number of anilines is 1. The van der Waals surface area contributed by atoms with E-state index in [2.05, 4.69) is 5.32 Å². The highest BCUT2D eigenvalue weighted by atomic mass is 32.1. The Morgan fingerprint density at radius 2 is 1.52 bits per heavy atom. The van der Waals surface area contributed by atoms with Crippen LogP contribution in [0.4, 0.5) is 10.1 Å². The van der Waals surface area contributed by atoms with Gasteiger partial charge in [0, 0.05) is 17.8 Å². The molecule has 27 heavy (non-hydrogen) atoms. The highest BCUT2D eigenvalue weighted by molar-refractivity contribution is 7.81. The fraction of sp³-hybridized carbons (Fsp3) is 0.0909. The van der Waals surface area contributed by atoms with Crippen molar-refractivity contribution >= 4 is 34.3 Å². The first-order valence-corrected chi connectivity index (χ1v) is 8.89. The van der Waals surface area contributed by atoms with Crippen LogP contribution in [0.5, 0.6) is 0 Å². The molecule has 0 spiro atoms. The number of thiocarbonyl (C=S) groups is 1. The molecule has 0 atom stereocenters. The third kappa shape index (κ3) is 4.20. The van der Waals surface area contributed by atoms with Crippen LogP contribution in [0.3, 0.4) is 0 Å². The zero-order valence-corrected chi connectivity index (χ0v) is 15.9. The van der Waals surface area contributed by atoms with Crippen molar-refractivity contribution in [1.82, 2.24) is 0 Å². The number of nitrogens with one attached hydrogen (secondary N) is 1. The molecule has 0 aliphatic rings. The maximum absolute atomic E-state index is 13.2. The Hall–Kier alpha value is -3.05. The molecule has 136 valence electrons. The number of pyridine rings is 1. The van der Waals surface area contributed by atoms with E-state index in [1.165, 1.54) is 24.3 Å². The van der Waals surface area contributed by atoms with E-state index >= 15 is 0 Å². The average Bonchev–Trinajstić information content (AvgIpc) is 2.66. The Labute approximate surface area is 163 Å². The fourth-order valence-electron chi connectivity index (χ4n) is 2.81. The molecular weight excluding hydrogens is 359 g/mol. The van der Waals surface area contributed by atoms with Crippen molar-refractivity contribution in [3.8, 4) is 0 Å². The van der Waals surface area contributed by atoms with Gasteiger partial charge in [0.25, 0.3) is 0 Å². The number of aromatic nitrogens is 1. The number of para-hydroxylation sites is 1. The number of hydrogen-bond acceptors (Lipinski definition) is 2. The van der Waals surface area contributed by atoms with Crippen LogP contribution >= 0.6 is 12.2 Å². The van der Waals surface area contributed by atoms with Crippen molar-refractivity contribution in [2.24, 2.45) is 0 Å². The minimum atomic E-state index is -0.392. The lowest BCUT2D eigenvalue weighted by molar-refractivity contribution is -0.577. The highest BCUT2D eigenvalue weighted by Crippen LogP contribution is 2.22. The lowest BCUT2D eigenvalue weighted by Crippen LogP contribution is -2.40. The van der Waals surface area contributed by atoms with Crippen molar-refractivity contribution in [2.75, 3.05) is 5.32 Å². The fourth-order valence-corrected chi connectivity index (χ4v) is 3.11. The van der Waals surface area contributed by atoms with Gasteiger partial charge in [-0.1, -0.05) is 48.6 Å². The van der Waals surface area contributed by atoms with E-state index in [4.69, 9.17) is 12.2 Å². The first-order valence-electron chi connectivity index (χ1n) is 8.49. The first kappa shape index (κ1) is 18.7. The molecule has 1 aromatic heterocycles. The van der Waals surface area contributed by atoms with Crippen molar-refractivity contribution in [2.45, 2.75) is 13.8 Å². The molecule has 0 amide bonds. The van der Waals surface area contributed by atoms with Crippen molar-refractivity contribution < 1.29 is 14.1 Å². The summed E-state index contributed by atoms with van der Waals surface area (Å²) in [6.07, 6.45) is 3.52. The van der Waals surface area contributed by atoms with Crippen LogP contribution in [0.2, 0.25) is 0 Å². The highest BCUT2D eigenvalue weighted by Gasteiger charge is 2.19. The van der Waals surface area contributed by atoms with Gasteiger partial charge in [-0.15, -0.1) is 0 Å². The average molecular weight is 378 g/mol. The molecule has 0 saturated carbocycles. The lowest BCUT2D eigenvalue weighted by Gasteiger charge is -2.18. The molecule has 2 aromatic carbocycles. The summed E-state index contributed by atoms with van der Waals surface area (Å²) in [5, 5.41) is 16.4. The monoisotopic (exact) mass is 378 g/mol. The van der Waals surface area contributed by atoms with Crippen LogP contribution in [0, 0.1) is 19.7 Å². The Morgan fingerprint density at radius 3 is 2.11 bits per heavy atom. The summed E-state index contributed by atoms with van der Waals surface area (Å²) in [4.78, 5) is 0.304. The summed E-state index contributed by atoms with van der Waals surface area (Å²) >= 11 is 5.60. The van der Waals surface area contributed by atoms with Gasteiger partial charge in [0.1, 0.15) is 5.82 Å². The minimum Gasteiger partial charge on any atom is -0.867 e. The quantitative estimate of drug-likeness (QED) is 0.324. The van der Waals surface area contributed by atoms with Gasteiger partial charge in [0.2, 0.25) is 5.70 Å². The minimum absolute atomic E-state index is 0.282. The summed E-state index contributed by atoms with van der Waals surface area (Å²) in [6.45, 7) is 3.96. The zero-order chi connectivity index (χ0) is 19.4. The van der Waals surface area contributed by atoms with Crippen LogP contribution in [-0.4, -0.2) is 4.99 Å². The van der Waals surface area contributed by atoms with Crippen LogP contribution in [0.1, 0.15) is 16.7 Å². The molecule has 0 bridgehead atoms. The van der Waals surface area contributed by atoms with Crippen molar-refractivity contribution in [3.63, 3.8) is 0 Å². The van der Waals surface area contributed by atoms with Crippen molar-refractivity contribution in [1.29, 1.82) is 0 Å². The van der Waals surface area contributed by atoms with Crippen LogP contribution in [0.25, 0.3) is 11.5 Å².